The highest BCUT2D eigenvalue weighted by molar-refractivity contribution is 7.99. The van der Waals surface area contributed by atoms with E-state index in [1.54, 1.807) is 16.7 Å². The topological polar surface area (TPSA) is 69.6 Å². The monoisotopic (exact) mass is 446 g/mol. The Kier molecular flexibility index (Phi) is 7.24. The number of nitrogens with one attached hydrogen (secondary N) is 1. The van der Waals surface area contributed by atoms with Crippen molar-refractivity contribution in [2.75, 3.05) is 11.4 Å². The van der Waals surface area contributed by atoms with E-state index in [4.69, 9.17) is 0 Å². The first kappa shape index (κ1) is 22.1. The van der Waals surface area contributed by atoms with Crippen LogP contribution in [0.15, 0.2) is 82.6 Å². The summed E-state index contributed by atoms with van der Waals surface area (Å²) in [7, 11) is 0. The highest BCUT2D eigenvalue weighted by Crippen LogP contribution is 2.33. The maximum absolute atomic E-state index is 12.6. The fourth-order valence-corrected chi connectivity index (χ4v) is 4.90. The van der Waals surface area contributed by atoms with Gasteiger partial charge in [-0.2, -0.15) is 0 Å². The minimum Gasteiger partial charge on any atom is -0.392 e. The lowest BCUT2D eigenvalue weighted by molar-refractivity contribution is -0.125. The lowest BCUT2D eigenvalue weighted by Gasteiger charge is -2.17. The van der Waals surface area contributed by atoms with E-state index >= 15 is 0 Å². The van der Waals surface area contributed by atoms with Gasteiger partial charge in [-0.15, -0.1) is 0 Å². The molecule has 0 aliphatic carbocycles. The number of nitrogens with zero attached hydrogens (tertiary/aromatic N) is 1. The van der Waals surface area contributed by atoms with Crippen LogP contribution in [0.1, 0.15) is 29.5 Å². The number of amides is 2. The summed E-state index contributed by atoms with van der Waals surface area (Å²) in [6, 6.07) is 23.6. The van der Waals surface area contributed by atoms with Crippen molar-refractivity contribution in [2.24, 2.45) is 0 Å². The van der Waals surface area contributed by atoms with Gasteiger partial charge in [0.15, 0.2) is 0 Å². The normalized spacial score (nSPS) is 12.5. The van der Waals surface area contributed by atoms with Crippen LogP contribution in [-0.4, -0.2) is 23.5 Å². The fourth-order valence-electron chi connectivity index (χ4n) is 3.84. The third-order valence-corrected chi connectivity index (χ3v) is 6.80. The highest BCUT2D eigenvalue weighted by Gasteiger charge is 2.24. The number of hydrogen-bond acceptors (Lipinski definition) is 4. The van der Waals surface area contributed by atoms with E-state index in [9.17, 15) is 14.7 Å². The number of aliphatic hydroxyl groups excluding tert-OH is 1. The standard InChI is InChI=1S/C26H26N2O3S/c29-18-21-9-3-6-12-24(21)32-23-11-5-2-8-20(23)17-27-25(30)13-14-26(31)28-16-15-19-7-1-4-10-22(19)28/h1-12,29H,13-18H2,(H,27,30). The van der Waals surface area contributed by atoms with E-state index in [1.807, 2.05) is 72.8 Å². The molecule has 0 saturated heterocycles. The number of hydrogen-bond donors (Lipinski definition) is 2. The first-order chi connectivity index (χ1) is 15.7. The van der Waals surface area contributed by atoms with Crippen molar-refractivity contribution in [1.29, 1.82) is 0 Å². The summed E-state index contributed by atoms with van der Waals surface area (Å²) in [5.41, 5.74) is 4.02. The zero-order valence-electron chi connectivity index (χ0n) is 17.8. The molecule has 1 aliphatic rings. The van der Waals surface area contributed by atoms with Crippen LogP contribution in [0.3, 0.4) is 0 Å². The Morgan fingerprint density at radius 2 is 1.53 bits per heavy atom. The molecule has 3 aromatic carbocycles. The van der Waals surface area contributed by atoms with Crippen molar-refractivity contribution < 1.29 is 14.7 Å². The number of benzene rings is 3. The minimum absolute atomic E-state index is 0.0123. The average molecular weight is 447 g/mol. The van der Waals surface area contributed by atoms with Gasteiger partial charge in [-0.1, -0.05) is 66.4 Å². The van der Waals surface area contributed by atoms with Crippen LogP contribution in [0.4, 0.5) is 5.69 Å². The van der Waals surface area contributed by atoms with E-state index in [1.165, 1.54) is 5.56 Å². The molecule has 2 N–H and O–H groups in total. The molecule has 5 nitrogen and oxygen atoms in total. The van der Waals surface area contributed by atoms with Gasteiger partial charge in [0, 0.05) is 41.4 Å². The molecule has 0 saturated carbocycles. The van der Waals surface area contributed by atoms with E-state index in [0.717, 1.165) is 33.0 Å². The second-order valence-electron chi connectivity index (χ2n) is 7.68. The molecule has 0 aromatic heterocycles. The highest BCUT2D eigenvalue weighted by atomic mass is 32.2. The van der Waals surface area contributed by atoms with Crippen molar-refractivity contribution >= 4 is 29.3 Å². The van der Waals surface area contributed by atoms with Crippen molar-refractivity contribution in [1.82, 2.24) is 5.32 Å². The number of aliphatic hydroxyl groups is 1. The maximum atomic E-state index is 12.6. The van der Waals surface area contributed by atoms with Crippen LogP contribution in [0.5, 0.6) is 0 Å². The van der Waals surface area contributed by atoms with Gasteiger partial charge < -0.3 is 15.3 Å². The third-order valence-electron chi connectivity index (χ3n) is 5.57. The zero-order chi connectivity index (χ0) is 22.3. The molecule has 0 spiro atoms. The number of carbonyl (C=O) groups excluding carboxylic acids is 2. The van der Waals surface area contributed by atoms with Crippen LogP contribution in [0.2, 0.25) is 0 Å². The van der Waals surface area contributed by atoms with Crippen LogP contribution in [0.25, 0.3) is 0 Å². The van der Waals surface area contributed by atoms with Crippen LogP contribution in [-0.2, 0) is 29.2 Å². The molecule has 1 heterocycles. The SMILES string of the molecule is O=C(CCC(=O)N1CCc2ccccc21)NCc1ccccc1Sc1ccccc1CO. The molecule has 0 unspecified atom stereocenters. The molecule has 0 radical (unpaired) electrons. The minimum atomic E-state index is -0.138. The Bertz CT molecular complexity index is 1120. The predicted molar refractivity (Wildman–Crippen MR) is 127 cm³/mol. The molecule has 3 aromatic rings. The molecule has 0 atom stereocenters. The van der Waals surface area contributed by atoms with Gasteiger partial charge in [0.1, 0.15) is 0 Å². The molecular formula is C26H26N2O3S. The molecule has 0 fully saturated rings. The number of carbonyl (C=O) groups is 2. The van der Waals surface area contributed by atoms with Crippen LogP contribution in [0, 0.1) is 0 Å². The quantitative estimate of drug-likeness (QED) is 0.541. The van der Waals surface area contributed by atoms with Crippen molar-refractivity contribution in [3.8, 4) is 0 Å². The molecule has 0 bridgehead atoms. The van der Waals surface area contributed by atoms with Gasteiger partial charge in [0.2, 0.25) is 11.8 Å². The maximum Gasteiger partial charge on any atom is 0.227 e. The van der Waals surface area contributed by atoms with Gasteiger partial charge in [-0.05, 0) is 41.3 Å². The number of fused-ring (bicyclic) bond motifs is 1. The van der Waals surface area contributed by atoms with Gasteiger partial charge >= 0.3 is 0 Å². The molecule has 2 amide bonds. The largest absolute Gasteiger partial charge is 0.392 e. The van der Waals surface area contributed by atoms with E-state index in [-0.39, 0.29) is 31.3 Å². The predicted octanol–water partition coefficient (Wildman–Crippen LogP) is 4.32. The Hall–Kier alpha value is -3.09. The van der Waals surface area contributed by atoms with Gasteiger partial charge in [0.25, 0.3) is 0 Å². The zero-order valence-corrected chi connectivity index (χ0v) is 18.6. The summed E-state index contributed by atoms with van der Waals surface area (Å²) in [6.07, 6.45) is 1.22. The molecule has 4 rings (SSSR count). The summed E-state index contributed by atoms with van der Waals surface area (Å²) < 4.78 is 0. The van der Waals surface area contributed by atoms with Crippen molar-refractivity contribution in [2.45, 2.75) is 42.2 Å². The van der Waals surface area contributed by atoms with Gasteiger partial charge in [-0.3, -0.25) is 9.59 Å². The van der Waals surface area contributed by atoms with E-state index < -0.39 is 0 Å². The summed E-state index contributed by atoms with van der Waals surface area (Å²) in [6.45, 7) is 1.06. The molecule has 32 heavy (non-hydrogen) atoms. The second kappa shape index (κ2) is 10.5. The van der Waals surface area contributed by atoms with E-state index in [2.05, 4.69) is 5.32 Å². The Morgan fingerprint density at radius 3 is 2.31 bits per heavy atom. The first-order valence-electron chi connectivity index (χ1n) is 10.7. The summed E-state index contributed by atoms with van der Waals surface area (Å²) in [5.74, 6) is -0.150. The van der Waals surface area contributed by atoms with Crippen LogP contribution >= 0.6 is 11.8 Å². The lowest BCUT2D eigenvalue weighted by atomic mass is 10.2. The molecule has 6 heteroatoms. The first-order valence-corrected chi connectivity index (χ1v) is 11.6. The fraction of sp³-hybridized carbons (Fsp3) is 0.231. The van der Waals surface area contributed by atoms with E-state index in [0.29, 0.717) is 13.1 Å². The summed E-state index contributed by atoms with van der Waals surface area (Å²) in [5, 5.41) is 12.5. The molecule has 1 aliphatic heterocycles. The summed E-state index contributed by atoms with van der Waals surface area (Å²) >= 11 is 1.57. The number of para-hydroxylation sites is 1. The molecule has 164 valence electrons. The smallest absolute Gasteiger partial charge is 0.227 e. The molecular weight excluding hydrogens is 420 g/mol. The lowest BCUT2D eigenvalue weighted by Crippen LogP contribution is -2.31. The second-order valence-corrected chi connectivity index (χ2v) is 8.76. The Labute approximate surface area is 192 Å². The third kappa shape index (κ3) is 5.21. The Balaban J connectivity index is 1.31. The average Bonchev–Trinajstić information content (AvgIpc) is 3.26. The van der Waals surface area contributed by atoms with Crippen LogP contribution < -0.4 is 10.2 Å². The van der Waals surface area contributed by atoms with Gasteiger partial charge in [0.05, 0.1) is 6.61 Å². The summed E-state index contributed by atoms with van der Waals surface area (Å²) in [4.78, 5) is 28.9. The number of rotatable bonds is 8. The Morgan fingerprint density at radius 1 is 0.875 bits per heavy atom. The van der Waals surface area contributed by atoms with Crippen molar-refractivity contribution in [3.63, 3.8) is 0 Å². The van der Waals surface area contributed by atoms with Gasteiger partial charge in [-0.25, -0.2) is 0 Å². The van der Waals surface area contributed by atoms with Crippen molar-refractivity contribution in [3.05, 3.63) is 89.5 Å². The number of anilines is 1.